The van der Waals surface area contributed by atoms with E-state index >= 15 is 0 Å². The summed E-state index contributed by atoms with van der Waals surface area (Å²) in [5, 5.41) is 3.26. The number of benzene rings is 1. The molecule has 0 unspecified atom stereocenters. The van der Waals surface area contributed by atoms with Gasteiger partial charge in [-0.2, -0.15) is 0 Å². The molecule has 2 aromatic rings. The lowest BCUT2D eigenvalue weighted by atomic mass is 10.2. The van der Waals surface area contributed by atoms with Gasteiger partial charge < -0.3 is 5.32 Å². The highest BCUT2D eigenvalue weighted by Crippen LogP contribution is 2.20. The lowest BCUT2D eigenvalue weighted by molar-refractivity contribution is 1.17. The summed E-state index contributed by atoms with van der Waals surface area (Å²) in [6.07, 6.45) is 7.17. The Morgan fingerprint density at radius 3 is 2.94 bits per heavy atom. The largest absolute Gasteiger partial charge is 0.379 e. The molecule has 1 aromatic heterocycles. The molecular weight excluding hydrogens is 240 g/mol. The summed E-state index contributed by atoms with van der Waals surface area (Å²) in [5.74, 6) is 2.64. The minimum atomic E-state index is 0.557. The van der Waals surface area contributed by atoms with Gasteiger partial charge in [-0.15, -0.1) is 17.8 Å². The zero-order chi connectivity index (χ0) is 11.4. The van der Waals surface area contributed by atoms with Crippen molar-refractivity contribution in [1.29, 1.82) is 0 Å². The maximum Gasteiger partial charge on any atom is 0.183 e. The number of thiazole rings is 1. The standard InChI is InChI=1S/C12H9ClN2S/c1-2-9-5-3-4-6-11(9)14-7-10-8-15-12(13)16-10/h1,3-6,8,14H,7H2. The van der Waals surface area contributed by atoms with E-state index in [4.69, 9.17) is 18.0 Å². The fourth-order valence-corrected chi connectivity index (χ4v) is 2.23. The van der Waals surface area contributed by atoms with Crippen LogP contribution in [0.1, 0.15) is 10.4 Å². The smallest absolute Gasteiger partial charge is 0.183 e. The van der Waals surface area contributed by atoms with Crippen molar-refractivity contribution in [3.63, 3.8) is 0 Å². The van der Waals surface area contributed by atoms with Crippen molar-refractivity contribution < 1.29 is 0 Å². The topological polar surface area (TPSA) is 24.9 Å². The van der Waals surface area contributed by atoms with Gasteiger partial charge in [0.2, 0.25) is 0 Å². The van der Waals surface area contributed by atoms with E-state index < -0.39 is 0 Å². The molecule has 0 saturated carbocycles. The monoisotopic (exact) mass is 248 g/mol. The zero-order valence-electron chi connectivity index (χ0n) is 8.40. The van der Waals surface area contributed by atoms with Gasteiger partial charge in [-0.05, 0) is 12.1 Å². The van der Waals surface area contributed by atoms with E-state index in [1.165, 1.54) is 11.3 Å². The highest BCUT2D eigenvalue weighted by atomic mass is 35.5. The van der Waals surface area contributed by atoms with E-state index in [1.54, 1.807) is 6.20 Å². The van der Waals surface area contributed by atoms with Crippen molar-refractivity contribution >= 4 is 28.6 Å². The summed E-state index contributed by atoms with van der Waals surface area (Å²) in [5.41, 5.74) is 1.81. The summed E-state index contributed by atoms with van der Waals surface area (Å²) >= 11 is 7.21. The Bertz CT molecular complexity index is 528. The molecule has 0 atom stereocenters. The van der Waals surface area contributed by atoms with Crippen molar-refractivity contribution in [2.75, 3.05) is 5.32 Å². The van der Waals surface area contributed by atoms with Crippen molar-refractivity contribution in [2.24, 2.45) is 0 Å². The Morgan fingerprint density at radius 1 is 1.44 bits per heavy atom. The Morgan fingerprint density at radius 2 is 2.25 bits per heavy atom. The molecule has 2 rings (SSSR count). The lowest BCUT2D eigenvalue weighted by Crippen LogP contribution is -1.99. The highest BCUT2D eigenvalue weighted by Gasteiger charge is 2.01. The van der Waals surface area contributed by atoms with Crippen LogP contribution in [0.25, 0.3) is 0 Å². The molecular formula is C12H9ClN2S. The van der Waals surface area contributed by atoms with Crippen molar-refractivity contribution in [2.45, 2.75) is 6.54 Å². The fraction of sp³-hybridized carbons (Fsp3) is 0.0833. The van der Waals surface area contributed by atoms with Gasteiger partial charge in [0.25, 0.3) is 0 Å². The molecule has 4 heteroatoms. The van der Waals surface area contributed by atoms with E-state index in [9.17, 15) is 0 Å². The number of nitrogens with one attached hydrogen (secondary N) is 1. The quantitative estimate of drug-likeness (QED) is 0.843. The summed E-state index contributed by atoms with van der Waals surface area (Å²) in [6.45, 7) is 0.684. The molecule has 0 spiro atoms. The lowest BCUT2D eigenvalue weighted by Gasteiger charge is -2.06. The van der Waals surface area contributed by atoms with E-state index in [1.807, 2.05) is 24.3 Å². The predicted molar refractivity (Wildman–Crippen MR) is 68.8 cm³/mol. The van der Waals surface area contributed by atoms with Crippen LogP contribution in [0.15, 0.2) is 30.5 Å². The van der Waals surface area contributed by atoms with E-state index in [-0.39, 0.29) is 0 Å². The van der Waals surface area contributed by atoms with Crippen LogP contribution in [0.2, 0.25) is 4.47 Å². The molecule has 0 amide bonds. The van der Waals surface area contributed by atoms with Crippen molar-refractivity contribution in [1.82, 2.24) is 4.98 Å². The first-order valence-electron chi connectivity index (χ1n) is 4.69. The highest BCUT2D eigenvalue weighted by molar-refractivity contribution is 7.15. The summed E-state index contributed by atoms with van der Waals surface area (Å²) in [6, 6.07) is 7.73. The zero-order valence-corrected chi connectivity index (χ0v) is 9.98. The molecule has 0 saturated heterocycles. The second-order valence-electron chi connectivity index (χ2n) is 3.12. The molecule has 0 bridgehead atoms. The van der Waals surface area contributed by atoms with Crippen LogP contribution in [0.5, 0.6) is 0 Å². The van der Waals surface area contributed by atoms with Gasteiger partial charge in [-0.1, -0.05) is 29.7 Å². The second-order valence-corrected chi connectivity index (χ2v) is 4.82. The molecule has 1 N–H and O–H groups in total. The van der Waals surface area contributed by atoms with E-state index in [0.717, 1.165) is 16.1 Å². The first kappa shape index (κ1) is 11.0. The molecule has 80 valence electrons. The first-order valence-corrected chi connectivity index (χ1v) is 5.89. The summed E-state index contributed by atoms with van der Waals surface area (Å²) in [7, 11) is 0. The minimum absolute atomic E-state index is 0.557. The molecule has 1 heterocycles. The van der Waals surface area contributed by atoms with Crippen LogP contribution in [0.3, 0.4) is 0 Å². The molecule has 0 aliphatic heterocycles. The van der Waals surface area contributed by atoms with Crippen LogP contribution >= 0.6 is 22.9 Å². The maximum absolute atomic E-state index is 5.75. The number of rotatable bonds is 3. The minimum Gasteiger partial charge on any atom is -0.379 e. The van der Waals surface area contributed by atoms with Gasteiger partial charge in [0, 0.05) is 16.6 Å². The Labute approximate surface area is 103 Å². The molecule has 0 aliphatic carbocycles. The average molecular weight is 249 g/mol. The predicted octanol–water partition coefficient (Wildman–Crippen LogP) is 3.39. The van der Waals surface area contributed by atoms with Gasteiger partial charge in [-0.25, -0.2) is 4.98 Å². The first-order chi connectivity index (χ1) is 7.79. The van der Waals surface area contributed by atoms with Crippen LogP contribution in [0, 0.1) is 12.3 Å². The molecule has 2 nitrogen and oxygen atoms in total. The average Bonchev–Trinajstić information content (AvgIpc) is 2.73. The third-order valence-electron chi connectivity index (χ3n) is 2.06. The van der Waals surface area contributed by atoms with E-state index in [2.05, 4.69) is 16.2 Å². The van der Waals surface area contributed by atoms with Gasteiger partial charge in [0.1, 0.15) is 0 Å². The molecule has 0 fully saturated rings. The number of aromatic nitrogens is 1. The van der Waals surface area contributed by atoms with Gasteiger partial charge in [0.15, 0.2) is 4.47 Å². The number of nitrogens with zero attached hydrogens (tertiary/aromatic N) is 1. The molecule has 0 aliphatic rings. The Hall–Kier alpha value is -1.50. The SMILES string of the molecule is C#Cc1ccccc1NCc1cnc(Cl)s1. The number of terminal acetylenes is 1. The van der Waals surface area contributed by atoms with Crippen LogP contribution in [-0.2, 0) is 6.54 Å². The Kier molecular flexibility index (Phi) is 3.45. The van der Waals surface area contributed by atoms with E-state index in [0.29, 0.717) is 11.0 Å². The van der Waals surface area contributed by atoms with Crippen LogP contribution < -0.4 is 5.32 Å². The third-order valence-corrected chi connectivity index (χ3v) is 3.18. The maximum atomic E-state index is 5.75. The van der Waals surface area contributed by atoms with Crippen LogP contribution in [0.4, 0.5) is 5.69 Å². The van der Waals surface area contributed by atoms with Gasteiger partial charge in [-0.3, -0.25) is 0 Å². The van der Waals surface area contributed by atoms with Gasteiger partial charge in [0.05, 0.1) is 12.2 Å². The molecule has 0 radical (unpaired) electrons. The van der Waals surface area contributed by atoms with Crippen LogP contribution in [-0.4, -0.2) is 4.98 Å². The normalized spacial score (nSPS) is 9.75. The van der Waals surface area contributed by atoms with Crippen molar-refractivity contribution in [3.8, 4) is 12.3 Å². The number of anilines is 1. The number of hydrogen-bond acceptors (Lipinski definition) is 3. The fourth-order valence-electron chi connectivity index (χ4n) is 1.31. The number of halogens is 1. The number of hydrogen-bond donors (Lipinski definition) is 1. The third kappa shape index (κ3) is 2.54. The molecule has 16 heavy (non-hydrogen) atoms. The summed E-state index contributed by atoms with van der Waals surface area (Å²) in [4.78, 5) is 5.06. The molecule has 1 aromatic carbocycles. The van der Waals surface area contributed by atoms with Gasteiger partial charge >= 0.3 is 0 Å². The Balaban J connectivity index is 2.08. The van der Waals surface area contributed by atoms with Crippen molar-refractivity contribution in [3.05, 3.63) is 45.4 Å². The second kappa shape index (κ2) is 5.02. The number of para-hydroxylation sites is 1. The summed E-state index contributed by atoms with van der Waals surface area (Å²) < 4.78 is 0.557.